The summed E-state index contributed by atoms with van der Waals surface area (Å²) in [6.45, 7) is 5.87. The lowest BCUT2D eigenvalue weighted by Gasteiger charge is -2.34. The molecule has 2 amide bonds. The van der Waals surface area contributed by atoms with E-state index in [9.17, 15) is 14.7 Å². The molecule has 0 spiro atoms. The summed E-state index contributed by atoms with van der Waals surface area (Å²) in [5, 5.41) is 21.0. The van der Waals surface area contributed by atoms with Gasteiger partial charge in [0.05, 0.1) is 0 Å². The third-order valence-electron chi connectivity index (χ3n) is 3.56. The lowest BCUT2D eigenvalue weighted by molar-refractivity contribution is 0.0693. The van der Waals surface area contributed by atoms with Gasteiger partial charge in [0, 0.05) is 24.3 Å². The summed E-state index contributed by atoms with van der Waals surface area (Å²) < 4.78 is 0. The van der Waals surface area contributed by atoms with Crippen LogP contribution in [0.2, 0.25) is 0 Å². The van der Waals surface area contributed by atoms with Crippen LogP contribution >= 0.6 is 0 Å². The number of carboxylic acids is 1. The van der Waals surface area contributed by atoms with Crippen LogP contribution in [0.25, 0.3) is 0 Å². The summed E-state index contributed by atoms with van der Waals surface area (Å²) in [6, 6.07) is 3.58. The van der Waals surface area contributed by atoms with E-state index in [1.54, 1.807) is 11.9 Å². The van der Waals surface area contributed by atoms with Gasteiger partial charge in [-0.3, -0.25) is 0 Å². The van der Waals surface area contributed by atoms with Crippen LogP contribution in [0, 0.1) is 0 Å². The van der Waals surface area contributed by atoms with E-state index < -0.39 is 5.97 Å². The molecule has 6 nitrogen and oxygen atoms in total. The SMILES string of the molecule is CCC(C)(C)N(C)C(=O)Nc1ccc(C(=O)O)c(O)c1. The van der Waals surface area contributed by atoms with Crippen LogP contribution in [0.15, 0.2) is 18.2 Å². The Morgan fingerprint density at radius 2 is 1.95 bits per heavy atom. The summed E-state index contributed by atoms with van der Waals surface area (Å²) in [4.78, 5) is 24.4. The number of urea groups is 1. The highest BCUT2D eigenvalue weighted by Crippen LogP contribution is 2.23. The van der Waals surface area contributed by atoms with E-state index in [4.69, 9.17) is 5.11 Å². The van der Waals surface area contributed by atoms with Crippen LogP contribution in [-0.4, -0.2) is 39.7 Å². The number of anilines is 1. The molecule has 20 heavy (non-hydrogen) atoms. The molecule has 0 aliphatic rings. The Balaban J connectivity index is 2.87. The van der Waals surface area contributed by atoms with E-state index in [1.165, 1.54) is 18.2 Å². The molecule has 0 bridgehead atoms. The van der Waals surface area contributed by atoms with Crippen LogP contribution < -0.4 is 5.32 Å². The topological polar surface area (TPSA) is 89.9 Å². The zero-order chi connectivity index (χ0) is 15.5. The second-order valence-corrected chi connectivity index (χ2v) is 5.19. The van der Waals surface area contributed by atoms with Crippen molar-refractivity contribution in [2.45, 2.75) is 32.7 Å². The van der Waals surface area contributed by atoms with E-state index >= 15 is 0 Å². The normalized spacial score (nSPS) is 11.0. The summed E-state index contributed by atoms with van der Waals surface area (Å²) in [5.41, 5.74) is -0.158. The van der Waals surface area contributed by atoms with Gasteiger partial charge in [-0.2, -0.15) is 0 Å². The van der Waals surface area contributed by atoms with Crippen molar-refractivity contribution in [2.24, 2.45) is 0 Å². The average Bonchev–Trinajstić information content (AvgIpc) is 2.37. The number of nitrogens with zero attached hydrogens (tertiary/aromatic N) is 1. The highest BCUT2D eigenvalue weighted by Gasteiger charge is 2.25. The van der Waals surface area contributed by atoms with Crippen molar-refractivity contribution < 1.29 is 19.8 Å². The van der Waals surface area contributed by atoms with E-state index in [1.807, 2.05) is 20.8 Å². The Morgan fingerprint density at radius 1 is 1.35 bits per heavy atom. The molecule has 0 atom stereocenters. The second kappa shape index (κ2) is 5.81. The van der Waals surface area contributed by atoms with Crippen molar-refractivity contribution in [1.29, 1.82) is 0 Å². The first-order chi connectivity index (χ1) is 9.19. The number of aromatic carboxylic acids is 1. The number of carboxylic acid groups (broad SMARTS) is 1. The maximum Gasteiger partial charge on any atom is 0.339 e. The van der Waals surface area contributed by atoms with Crippen LogP contribution in [0.5, 0.6) is 5.75 Å². The van der Waals surface area contributed by atoms with Gasteiger partial charge in [-0.15, -0.1) is 0 Å². The Morgan fingerprint density at radius 3 is 2.40 bits per heavy atom. The van der Waals surface area contributed by atoms with Crippen molar-refractivity contribution >= 4 is 17.7 Å². The Labute approximate surface area is 118 Å². The molecule has 6 heteroatoms. The van der Waals surface area contributed by atoms with E-state index in [2.05, 4.69) is 5.32 Å². The standard InChI is InChI=1S/C14H20N2O4/c1-5-14(2,3)16(4)13(20)15-9-6-7-10(12(18)19)11(17)8-9/h6-8,17H,5H2,1-4H3,(H,15,20)(H,18,19). The molecule has 0 heterocycles. The molecule has 0 aliphatic heterocycles. The van der Waals surface area contributed by atoms with Crippen LogP contribution in [0.3, 0.4) is 0 Å². The van der Waals surface area contributed by atoms with Crippen molar-refractivity contribution in [1.82, 2.24) is 4.90 Å². The first-order valence-electron chi connectivity index (χ1n) is 6.30. The molecule has 3 N–H and O–H groups in total. The number of carbonyl (C=O) groups excluding carboxylic acids is 1. The minimum absolute atomic E-state index is 0.203. The average molecular weight is 280 g/mol. The molecule has 1 rings (SSSR count). The van der Waals surface area contributed by atoms with Gasteiger partial charge in [0.15, 0.2) is 0 Å². The fraction of sp³-hybridized carbons (Fsp3) is 0.429. The second-order valence-electron chi connectivity index (χ2n) is 5.19. The van der Waals surface area contributed by atoms with Gasteiger partial charge in [0.1, 0.15) is 11.3 Å². The predicted molar refractivity (Wildman–Crippen MR) is 76.2 cm³/mol. The third-order valence-corrected chi connectivity index (χ3v) is 3.56. The Kier molecular flexibility index (Phi) is 4.60. The summed E-state index contributed by atoms with van der Waals surface area (Å²) in [7, 11) is 1.68. The number of hydrogen-bond acceptors (Lipinski definition) is 3. The van der Waals surface area contributed by atoms with Gasteiger partial charge in [-0.1, -0.05) is 6.92 Å². The number of carbonyl (C=O) groups is 2. The number of benzene rings is 1. The lowest BCUT2D eigenvalue weighted by atomic mass is 10.0. The lowest BCUT2D eigenvalue weighted by Crippen LogP contribution is -2.46. The molecule has 110 valence electrons. The number of amides is 2. The molecule has 0 unspecified atom stereocenters. The molecule has 0 aliphatic carbocycles. The minimum Gasteiger partial charge on any atom is -0.507 e. The fourth-order valence-corrected chi connectivity index (χ4v) is 1.51. The highest BCUT2D eigenvalue weighted by molar-refractivity contribution is 5.94. The molecule has 0 saturated carbocycles. The van der Waals surface area contributed by atoms with Gasteiger partial charge in [-0.05, 0) is 32.4 Å². The maximum atomic E-state index is 12.1. The van der Waals surface area contributed by atoms with Gasteiger partial charge >= 0.3 is 12.0 Å². The largest absolute Gasteiger partial charge is 0.507 e. The molecular weight excluding hydrogens is 260 g/mol. The molecule has 1 aromatic rings. The van der Waals surface area contributed by atoms with Gasteiger partial charge in [-0.25, -0.2) is 9.59 Å². The summed E-state index contributed by atoms with van der Waals surface area (Å²) >= 11 is 0. The third kappa shape index (κ3) is 3.40. The van der Waals surface area contributed by atoms with E-state index in [0.717, 1.165) is 6.42 Å². The van der Waals surface area contributed by atoms with Crippen molar-refractivity contribution in [3.05, 3.63) is 23.8 Å². The molecule has 1 aromatic carbocycles. The monoisotopic (exact) mass is 280 g/mol. The van der Waals surface area contributed by atoms with Gasteiger partial charge in [0.2, 0.25) is 0 Å². The summed E-state index contributed by atoms with van der Waals surface area (Å²) in [6.07, 6.45) is 0.792. The van der Waals surface area contributed by atoms with E-state index in [-0.39, 0.29) is 22.9 Å². The number of phenols is 1. The molecule has 0 fully saturated rings. The highest BCUT2D eigenvalue weighted by atomic mass is 16.4. The molecule has 0 saturated heterocycles. The zero-order valence-electron chi connectivity index (χ0n) is 12.1. The van der Waals surface area contributed by atoms with E-state index in [0.29, 0.717) is 5.69 Å². The molecular formula is C14H20N2O4. The first kappa shape index (κ1) is 15.8. The number of nitrogens with one attached hydrogen (secondary N) is 1. The predicted octanol–water partition coefficient (Wildman–Crippen LogP) is 2.74. The number of rotatable bonds is 4. The molecule has 0 aromatic heterocycles. The van der Waals surface area contributed by atoms with Crippen molar-refractivity contribution in [2.75, 3.05) is 12.4 Å². The summed E-state index contributed by atoms with van der Waals surface area (Å²) in [5.74, 6) is -1.60. The minimum atomic E-state index is -1.22. The number of hydrogen-bond donors (Lipinski definition) is 3. The fourth-order valence-electron chi connectivity index (χ4n) is 1.51. The van der Waals surface area contributed by atoms with Crippen molar-refractivity contribution in [3.63, 3.8) is 0 Å². The van der Waals surface area contributed by atoms with Crippen LogP contribution in [0.4, 0.5) is 10.5 Å². The first-order valence-corrected chi connectivity index (χ1v) is 6.30. The smallest absolute Gasteiger partial charge is 0.339 e. The zero-order valence-corrected chi connectivity index (χ0v) is 12.1. The number of aromatic hydroxyl groups is 1. The van der Waals surface area contributed by atoms with Crippen LogP contribution in [0.1, 0.15) is 37.6 Å². The van der Waals surface area contributed by atoms with Gasteiger partial charge in [0.25, 0.3) is 0 Å². The quantitative estimate of drug-likeness (QED) is 0.791. The Bertz CT molecular complexity index is 526. The maximum absolute atomic E-state index is 12.1. The van der Waals surface area contributed by atoms with Crippen LogP contribution in [-0.2, 0) is 0 Å². The van der Waals surface area contributed by atoms with Gasteiger partial charge < -0.3 is 20.4 Å². The van der Waals surface area contributed by atoms with Crippen molar-refractivity contribution in [3.8, 4) is 5.75 Å². The Hall–Kier alpha value is -2.24. The molecule has 0 radical (unpaired) electrons.